The van der Waals surface area contributed by atoms with Gasteiger partial charge in [-0.05, 0) is 23.8 Å². The molecule has 2 rings (SSSR count). The van der Waals surface area contributed by atoms with Gasteiger partial charge in [0.25, 0.3) is 0 Å². The predicted molar refractivity (Wildman–Crippen MR) is 79.5 cm³/mol. The van der Waals surface area contributed by atoms with E-state index in [1.807, 2.05) is 24.3 Å². The third-order valence-electron chi connectivity index (χ3n) is 2.65. The topological polar surface area (TPSA) is 83.1 Å². The summed E-state index contributed by atoms with van der Waals surface area (Å²) in [5, 5.41) is 7.82. The number of benzene rings is 1. The largest absolute Gasteiger partial charge is 0.350 e. The molecule has 0 aliphatic heterocycles. The molecule has 0 aliphatic carbocycles. The summed E-state index contributed by atoms with van der Waals surface area (Å²) in [4.78, 5) is 27.1. The van der Waals surface area contributed by atoms with Crippen LogP contribution in [0.5, 0.6) is 0 Å². The fourth-order valence-corrected chi connectivity index (χ4v) is 1.62. The molecule has 0 atom stereocenters. The van der Waals surface area contributed by atoms with Crippen LogP contribution in [0.2, 0.25) is 0 Å². The number of amides is 3. The summed E-state index contributed by atoms with van der Waals surface area (Å²) < 4.78 is 0. The Morgan fingerprint density at radius 3 is 2.52 bits per heavy atom. The summed E-state index contributed by atoms with van der Waals surface area (Å²) >= 11 is 0. The lowest BCUT2D eigenvalue weighted by atomic mass is 10.3. The van der Waals surface area contributed by atoms with Gasteiger partial charge >= 0.3 is 6.03 Å². The first-order valence-corrected chi connectivity index (χ1v) is 6.49. The first kappa shape index (κ1) is 14.5. The summed E-state index contributed by atoms with van der Waals surface area (Å²) in [6.45, 7) is 0.299. The van der Waals surface area contributed by atoms with Gasteiger partial charge in [-0.25, -0.2) is 4.79 Å². The van der Waals surface area contributed by atoms with Crippen LogP contribution in [0.15, 0.2) is 54.9 Å². The van der Waals surface area contributed by atoms with E-state index in [9.17, 15) is 9.59 Å². The maximum Gasteiger partial charge on any atom is 0.319 e. The Morgan fingerprint density at radius 1 is 1.00 bits per heavy atom. The van der Waals surface area contributed by atoms with Gasteiger partial charge in [0.1, 0.15) is 0 Å². The molecule has 0 unspecified atom stereocenters. The number of para-hydroxylation sites is 1. The van der Waals surface area contributed by atoms with Crippen LogP contribution in [0.1, 0.15) is 5.56 Å². The third kappa shape index (κ3) is 5.32. The average molecular weight is 284 g/mol. The molecule has 0 saturated carbocycles. The number of urea groups is 1. The Labute approximate surface area is 122 Å². The molecule has 2 aromatic rings. The fraction of sp³-hybridized carbons (Fsp3) is 0.133. The lowest BCUT2D eigenvalue weighted by Crippen LogP contribution is -2.38. The van der Waals surface area contributed by atoms with Crippen LogP contribution in [-0.4, -0.2) is 23.5 Å². The standard InChI is InChI=1S/C15H16N4O2/c20-14(17-10-12-5-4-8-16-9-12)11-18-15(21)19-13-6-2-1-3-7-13/h1-9H,10-11H2,(H,17,20)(H2,18,19,21). The smallest absolute Gasteiger partial charge is 0.319 e. The minimum Gasteiger partial charge on any atom is -0.350 e. The molecule has 0 radical (unpaired) electrons. The van der Waals surface area contributed by atoms with E-state index >= 15 is 0 Å². The molecule has 0 fully saturated rings. The van der Waals surface area contributed by atoms with Crippen molar-refractivity contribution in [3.63, 3.8) is 0 Å². The van der Waals surface area contributed by atoms with Crippen molar-refractivity contribution in [1.82, 2.24) is 15.6 Å². The molecular formula is C15H16N4O2. The summed E-state index contributed by atoms with van der Waals surface area (Å²) in [5.74, 6) is -0.262. The molecule has 1 heterocycles. The zero-order valence-electron chi connectivity index (χ0n) is 11.4. The van der Waals surface area contributed by atoms with E-state index in [-0.39, 0.29) is 12.5 Å². The molecule has 21 heavy (non-hydrogen) atoms. The molecule has 0 spiro atoms. The van der Waals surface area contributed by atoms with Gasteiger partial charge in [-0.1, -0.05) is 24.3 Å². The van der Waals surface area contributed by atoms with Crippen molar-refractivity contribution < 1.29 is 9.59 Å². The highest BCUT2D eigenvalue weighted by Crippen LogP contribution is 2.03. The van der Waals surface area contributed by atoms with Gasteiger partial charge in [-0.2, -0.15) is 0 Å². The zero-order valence-corrected chi connectivity index (χ0v) is 11.4. The van der Waals surface area contributed by atoms with E-state index in [1.54, 1.807) is 30.6 Å². The van der Waals surface area contributed by atoms with Crippen LogP contribution < -0.4 is 16.0 Å². The average Bonchev–Trinajstić information content (AvgIpc) is 2.53. The van der Waals surface area contributed by atoms with E-state index in [4.69, 9.17) is 0 Å². The van der Waals surface area contributed by atoms with Crippen molar-refractivity contribution in [1.29, 1.82) is 0 Å². The number of pyridine rings is 1. The Balaban J connectivity index is 1.68. The number of nitrogens with one attached hydrogen (secondary N) is 3. The third-order valence-corrected chi connectivity index (χ3v) is 2.65. The molecule has 0 saturated heterocycles. The number of aromatic nitrogens is 1. The fourth-order valence-electron chi connectivity index (χ4n) is 1.62. The number of rotatable bonds is 5. The van der Waals surface area contributed by atoms with E-state index in [0.717, 1.165) is 5.56 Å². The number of carbonyl (C=O) groups excluding carboxylic acids is 2. The molecule has 0 bridgehead atoms. The molecule has 0 aliphatic rings. The molecule has 1 aromatic carbocycles. The monoisotopic (exact) mass is 284 g/mol. The summed E-state index contributed by atoms with van der Waals surface area (Å²) in [7, 11) is 0. The van der Waals surface area contributed by atoms with Gasteiger partial charge < -0.3 is 16.0 Å². The Hall–Kier alpha value is -2.89. The van der Waals surface area contributed by atoms with Crippen LogP contribution in [0.3, 0.4) is 0 Å². The highest BCUT2D eigenvalue weighted by atomic mass is 16.2. The van der Waals surface area contributed by atoms with E-state index in [0.29, 0.717) is 12.2 Å². The highest BCUT2D eigenvalue weighted by Gasteiger charge is 2.05. The second-order valence-electron chi connectivity index (χ2n) is 4.31. The Morgan fingerprint density at radius 2 is 1.81 bits per heavy atom. The molecule has 3 amide bonds. The Bertz CT molecular complexity index is 587. The SMILES string of the molecule is O=C(CNC(=O)Nc1ccccc1)NCc1cccnc1. The first-order valence-electron chi connectivity index (χ1n) is 6.49. The van der Waals surface area contributed by atoms with Crippen LogP contribution in [0, 0.1) is 0 Å². The molecule has 6 heteroatoms. The van der Waals surface area contributed by atoms with Crippen molar-refractivity contribution >= 4 is 17.6 Å². The van der Waals surface area contributed by atoms with Crippen LogP contribution >= 0.6 is 0 Å². The predicted octanol–water partition coefficient (Wildman–Crippen LogP) is 1.52. The van der Waals surface area contributed by atoms with Gasteiger partial charge in [0.05, 0.1) is 6.54 Å². The van der Waals surface area contributed by atoms with Crippen molar-refractivity contribution in [2.75, 3.05) is 11.9 Å². The molecule has 3 N–H and O–H groups in total. The zero-order chi connectivity index (χ0) is 14.9. The maximum absolute atomic E-state index is 11.6. The number of anilines is 1. The molecular weight excluding hydrogens is 268 g/mol. The summed E-state index contributed by atoms with van der Waals surface area (Å²) in [5.41, 5.74) is 1.57. The first-order chi connectivity index (χ1) is 10.2. The van der Waals surface area contributed by atoms with E-state index in [2.05, 4.69) is 20.9 Å². The minimum absolute atomic E-state index is 0.0844. The van der Waals surface area contributed by atoms with Gasteiger partial charge in [-0.3, -0.25) is 9.78 Å². The molecule has 1 aromatic heterocycles. The summed E-state index contributed by atoms with van der Waals surface area (Å²) in [6, 6.07) is 12.3. The molecule has 6 nitrogen and oxygen atoms in total. The van der Waals surface area contributed by atoms with Gasteiger partial charge in [0, 0.05) is 24.6 Å². The van der Waals surface area contributed by atoms with Crippen molar-refractivity contribution in [3.05, 3.63) is 60.4 Å². The normalized spacial score (nSPS) is 9.71. The second-order valence-corrected chi connectivity index (χ2v) is 4.31. The van der Waals surface area contributed by atoms with Gasteiger partial charge in [0.15, 0.2) is 0 Å². The van der Waals surface area contributed by atoms with Gasteiger partial charge in [0.2, 0.25) is 5.91 Å². The maximum atomic E-state index is 11.6. The lowest BCUT2D eigenvalue weighted by Gasteiger charge is -2.08. The number of nitrogens with zero attached hydrogens (tertiary/aromatic N) is 1. The second kappa shape index (κ2) is 7.64. The van der Waals surface area contributed by atoms with Crippen molar-refractivity contribution in [2.45, 2.75) is 6.54 Å². The minimum atomic E-state index is -0.419. The molecule has 108 valence electrons. The highest BCUT2D eigenvalue weighted by molar-refractivity contribution is 5.92. The van der Waals surface area contributed by atoms with Crippen molar-refractivity contribution in [2.24, 2.45) is 0 Å². The Kier molecular flexibility index (Phi) is 5.28. The lowest BCUT2D eigenvalue weighted by molar-refractivity contribution is -0.120. The van der Waals surface area contributed by atoms with E-state index < -0.39 is 6.03 Å². The number of carbonyl (C=O) groups is 2. The van der Waals surface area contributed by atoms with Crippen molar-refractivity contribution in [3.8, 4) is 0 Å². The van der Waals surface area contributed by atoms with Gasteiger partial charge in [-0.15, -0.1) is 0 Å². The summed E-state index contributed by atoms with van der Waals surface area (Å²) in [6.07, 6.45) is 3.34. The van der Waals surface area contributed by atoms with E-state index in [1.165, 1.54) is 0 Å². The van der Waals surface area contributed by atoms with Crippen LogP contribution in [0.4, 0.5) is 10.5 Å². The van der Waals surface area contributed by atoms with Crippen LogP contribution in [0.25, 0.3) is 0 Å². The van der Waals surface area contributed by atoms with Crippen LogP contribution in [-0.2, 0) is 11.3 Å². The number of hydrogen-bond acceptors (Lipinski definition) is 3. The number of hydrogen-bond donors (Lipinski definition) is 3. The quantitative estimate of drug-likeness (QED) is 0.778.